The molecular formula is C18H23NO3. The van der Waals surface area contributed by atoms with Crippen LogP contribution in [0.15, 0.2) is 42.5 Å². The Bertz CT molecular complexity index is 596. The number of nitrogens with one attached hydrogen (secondary N) is 1. The van der Waals surface area contributed by atoms with Gasteiger partial charge in [0.1, 0.15) is 23.4 Å². The van der Waals surface area contributed by atoms with Gasteiger partial charge in [-0.2, -0.15) is 0 Å². The summed E-state index contributed by atoms with van der Waals surface area (Å²) in [5.41, 5.74) is 2.11. The van der Waals surface area contributed by atoms with Crippen LogP contribution in [0.1, 0.15) is 12.5 Å². The van der Waals surface area contributed by atoms with Crippen molar-refractivity contribution in [3.05, 3.63) is 48.0 Å². The molecule has 0 saturated heterocycles. The summed E-state index contributed by atoms with van der Waals surface area (Å²) in [6.45, 7) is 4.75. The summed E-state index contributed by atoms with van der Waals surface area (Å²) in [4.78, 5) is 0. The van der Waals surface area contributed by atoms with Gasteiger partial charge < -0.3 is 19.5 Å². The highest BCUT2D eigenvalue weighted by Gasteiger charge is 2.08. The molecule has 0 fully saturated rings. The third-order valence-corrected chi connectivity index (χ3v) is 3.34. The van der Waals surface area contributed by atoms with Crippen molar-refractivity contribution in [3.63, 3.8) is 0 Å². The lowest BCUT2D eigenvalue weighted by atomic mass is 10.2. The molecule has 22 heavy (non-hydrogen) atoms. The number of methoxy groups -OCH3 is 2. The maximum absolute atomic E-state index is 5.89. The molecule has 0 saturated carbocycles. The lowest BCUT2D eigenvalue weighted by molar-refractivity contribution is 0.234. The number of hydrogen-bond donors (Lipinski definition) is 1. The molecule has 1 atom stereocenters. The lowest BCUT2D eigenvalue weighted by Crippen LogP contribution is -2.22. The maximum atomic E-state index is 5.89. The topological polar surface area (TPSA) is 39.7 Å². The standard InChI is InChI=1S/C18H23NO3/c1-13-5-7-15(8-6-13)22-14(2)12-19-17-11-16(20-3)9-10-18(17)21-4/h5-11,14,19H,12H2,1-4H3. The van der Waals surface area contributed by atoms with Gasteiger partial charge in [0.2, 0.25) is 0 Å². The second kappa shape index (κ2) is 7.59. The summed E-state index contributed by atoms with van der Waals surface area (Å²) in [6, 6.07) is 13.7. The van der Waals surface area contributed by atoms with Gasteiger partial charge in [0.15, 0.2) is 0 Å². The van der Waals surface area contributed by atoms with Crippen LogP contribution in [0, 0.1) is 6.92 Å². The highest BCUT2D eigenvalue weighted by Crippen LogP contribution is 2.28. The molecule has 1 unspecified atom stereocenters. The van der Waals surface area contributed by atoms with Crippen LogP contribution in [0.25, 0.3) is 0 Å². The smallest absolute Gasteiger partial charge is 0.142 e. The SMILES string of the molecule is COc1ccc(OC)c(NCC(C)Oc2ccc(C)cc2)c1. The number of aryl methyl sites for hydroxylation is 1. The molecule has 0 aliphatic rings. The first-order valence-corrected chi connectivity index (χ1v) is 7.31. The van der Waals surface area contributed by atoms with Crippen LogP contribution in [0.2, 0.25) is 0 Å². The van der Waals surface area contributed by atoms with E-state index in [9.17, 15) is 0 Å². The minimum absolute atomic E-state index is 0.0265. The number of anilines is 1. The van der Waals surface area contributed by atoms with Crippen molar-refractivity contribution in [1.82, 2.24) is 0 Å². The summed E-state index contributed by atoms with van der Waals surface area (Å²) >= 11 is 0. The van der Waals surface area contributed by atoms with E-state index in [1.54, 1.807) is 14.2 Å². The Labute approximate surface area is 132 Å². The summed E-state index contributed by atoms with van der Waals surface area (Å²) in [5.74, 6) is 2.44. The number of benzene rings is 2. The molecular weight excluding hydrogens is 278 g/mol. The molecule has 0 spiro atoms. The van der Waals surface area contributed by atoms with Gasteiger partial charge in [0, 0.05) is 6.07 Å². The van der Waals surface area contributed by atoms with Crippen LogP contribution < -0.4 is 19.5 Å². The average Bonchev–Trinajstić information content (AvgIpc) is 2.54. The Balaban J connectivity index is 1.95. The van der Waals surface area contributed by atoms with E-state index in [1.807, 2.05) is 49.4 Å². The van der Waals surface area contributed by atoms with Gasteiger partial charge >= 0.3 is 0 Å². The van der Waals surface area contributed by atoms with Crippen molar-refractivity contribution in [1.29, 1.82) is 0 Å². The second-order valence-corrected chi connectivity index (χ2v) is 5.19. The lowest BCUT2D eigenvalue weighted by Gasteiger charge is -2.18. The van der Waals surface area contributed by atoms with E-state index in [0.29, 0.717) is 6.54 Å². The average molecular weight is 301 g/mol. The van der Waals surface area contributed by atoms with Crippen LogP contribution in [0.3, 0.4) is 0 Å². The molecule has 0 aliphatic heterocycles. The van der Waals surface area contributed by atoms with E-state index in [2.05, 4.69) is 12.2 Å². The Morgan fingerprint density at radius 3 is 2.27 bits per heavy atom. The van der Waals surface area contributed by atoms with Gasteiger partial charge in [-0.3, -0.25) is 0 Å². The first-order valence-electron chi connectivity index (χ1n) is 7.31. The minimum atomic E-state index is 0.0265. The van der Waals surface area contributed by atoms with Gasteiger partial charge in [-0.25, -0.2) is 0 Å². The molecule has 0 radical (unpaired) electrons. The summed E-state index contributed by atoms with van der Waals surface area (Å²) < 4.78 is 16.5. The predicted molar refractivity (Wildman–Crippen MR) is 89.3 cm³/mol. The predicted octanol–water partition coefficient (Wildman–Crippen LogP) is 3.89. The monoisotopic (exact) mass is 301 g/mol. The molecule has 2 aromatic carbocycles. The van der Waals surface area contributed by atoms with E-state index < -0.39 is 0 Å². The zero-order valence-electron chi connectivity index (χ0n) is 13.6. The normalized spacial score (nSPS) is 11.6. The number of ether oxygens (including phenoxy) is 3. The van der Waals surface area contributed by atoms with Gasteiger partial charge in [-0.05, 0) is 38.1 Å². The fraction of sp³-hybridized carbons (Fsp3) is 0.333. The van der Waals surface area contributed by atoms with Crippen LogP contribution >= 0.6 is 0 Å². The largest absolute Gasteiger partial charge is 0.497 e. The molecule has 4 heteroatoms. The summed E-state index contributed by atoms with van der Waals surface area (Å²) in [7, 11) is 3.30. The van der Waals surface area contributed by atoms with E-state index in [4.69, 9.17) is 14.2 Å². The fourth-order valence-electron chi connectivity index (χ4n) is 2.10. The Morgan fingerprint density at radius 2 is 1.64 bits per heavy atom. The Hall–Kier alpha value is -2.36. The van der Waals surface area contributed by atoms with Crippen LogP contribution in [0.4, 0.5) is 5.69 Å². The van der Waals surface area contributed by atoms with E-state index in [1.165, 1.54) is 5.56 Å². The third-order valence-electron chi connectivity index (χ3n) is 3.34. The number of hydrogen-bond acceptors (Lipinski definition) is 4. The zero-order chi connectivity index (χ0) is 15.9. The molecule has 0 aliphatic carbocycles. The molecule has 4 nitrogen and oxygen atoms in total. The molecule has 0 amide bonds. The van der Waals surface area contributed by atoms with E-state index >= 15 is 0 Å². The molecule has 2 aromatic rings. The zero-order valence-corrected chi connectivity index (χ0v) is 13.6. The first kappa shape index (κ1) is 16.0. The van der Waals surface area contributed by atoms with Crippen molar-refractivity contribution in [2.24, 2.45) is 0 Å². The Kier molecular flexibility index (Phi) is 5.53. The first-order chi connectivity index (χ1) is 10.6. The highest BCUT2D eigenvalue weighted by molar-refractivity contribution is 5.59. The van der Waals surface area contributed by atoms with E-state index in [-0.39, 0.29) is 6.10 Å². The van der Waals surface area contributed by atoms with Crippen LogP contribution in [-0.2, 0) is 0 Å². The molecule has 0 bridgehead atoms. The Morgan fingerprint density at radius 1 is 0.955 bits per heavy atom. The fourth-order valence-corrected chi connectivity index (χ4v) is 2.10. The van der Waals surface area contributed by atoms with Crippen molar-refractivity contribution >= 4 is 5.69 Å². The van der Waals surface area contributed by atoms with Gasteiger partial charge in [-0.1, -0.05) is 17.7 Å². The number of rotatable bonds is 7. The van der Waals surface area contributed by atoms with Gasteiger partial charge in [0.25, 0.3) is 0 Å². The second-order valence-electron chi connectivity index (χ2n) is 5.19. The van der Waals surface area contributed by atoms with Crippen molar-refractivity contribution < 1.29 is 14.2 Å². The van der Waals surface area contributed by atoms with Crippen molar-refractivity contribution in [3.8, 4) is 17.2 Å². The maximum Gasteiger partial charge on any atom is 0.142 e. The minimum Gasteiger partial charge on any atom is -0.497 e. The highest BCUT2D eigenvalue weighted by atomic mass is 16.5. The molecule has 118 valence electrons. The molecule has 2 rings (SSSR count). The van der Waals surface area contributed by atoms with Crippen molar-refractivity contribution in [2.75, 3.05) is 26.1 Å². The molecule has 0 heterocycles. The molecule has 0 aromatic heterocycles. The van der Waals surface area contributed by atoms with Crippen LogP contribution in [-0.4, -0.2) is 26.9 Å². The van der Waals surface area contributed by atoms with Crippen molar-refractivity contribution in [2.45, 2.75) is 20.0 Å². The van der Waals surface area contributed by atoms with E-state index in [0.717, 1.165) is 22.9 Å². The third kappa shape index (κ3) is 4.32. The molecule has 1 N–H and O–H groups in total. The summed E-state index contributed by atoms with van der Waals surface area (Å²) in [5, 5.41) is 3.34. The summed E-state index contributed by atoms with van der Waals surface area (Å²) in [6.07, 6.45) is 0.0265. The van der Waals surface area contributed by atoms with Gasteiger partial charge in [-0.15, -0.1) is 0 Å². The quantitative estimate of drug-likeness (QED) is 0.842. The van der Waals surface area contributed by atoms with Gasteiger partial charge in [0.05, 0.1) is 26.5 Å². The van der Waals surface area contributed by atoms with Crippen LogP contribution in [0.5, 0.6) is 17.2 Å².